The molecule has 1 aliphatic rings. The van der Waals surface area contributed by atoms with Crippen molar-refractivity contribution in [1.82, 2.24) is 15.5 Å². The van der Waals surface area contributed by atoms with Crippen molar-refractivity contribution < 1.29 is 34.1 Å². The number of alkyl carbamates (subject to hydrolysis) is 1. The van der Waals surface area contributed by atoms with E-state index in [0.29, 0.717) is 0 Å². The Kier molecular flexibility index (Phi) is 11.2. The Morgan fingerprint density at radius 2 is 1.78 bits per heavy atom. The van der Waals surface area contributed by atoms with E-state index in [4.69, 9.17) is 10.5 Å². The molecule has 0 spiro atoms. The predicted molar refractivity (Wildman–Crippen MR) is 136 cm³/mol. The topological polar surface area (TPSA) is 171 Å². The third-order valence-corrected chi connectivity index (χ3v) is 6.04. The van der Waals surface area contributed by atoms with Crippen LogP contribution in [0.5, 0.6) is 5.75 Å². The zero-order chi connectivity index (χ0) is 27.6. The lowest BCUT2D eigenvalue weighted by atomic mass is 9.94. The second-order valence-corrected chi connectivity index (χ2v) is 10.3. The van der Waals surface area contributed by atoms with Crippen LogP contribution in [0.1, 0.15) is 77.3 Å². The van der Waals surface area contributed by atoms with Gasteiger partial charge >= 0.3 is 6.09 Å². The van der Waals surface area contributed by atoms with Crippen molar-refractivity contribution in [2.24, 2.45) is 5.73 Å². The SMILES string of the molecule is CC(C)(C)OC(=O)NC(CCC(N)=O)C(=O)N(CCO)C(C(=O)NC1CCCCC1)c1ccccc1O. The second kappa shape index (κ2) is 13.8. The van der Waals surface area contributed by atoms with Crippen molar-refractivity contribution in [2.45, 2.75) is 89.4 Å². The minimum atomic E-state index is -1.29. The van der Waals surface area contributed by atoms with Crippen LogP contribution in [0.3, 0.4) is 0 Å². The van der Waals surface area contributed by atoms with Crippen molar-refractivity contribution in [1.29, 1.82) is 0 Å². The molecule has 2 rings (SSSR count). The number of carbonyl (C=O) groups excluding carboxylic acids is 4. The number of aliphatic hydroxyl groups is 1. The van der Waals surface area contributed by atoms with Crippen molar-refractivity contribution >= 4 is 23.8 Å². The summed E-state index contributed by atoms with van der Waals surface area (Å²) in [5, 5.41) is 25.9. The number of nitrogens with one attached hydrogen (secondary N) is 2. The molecule has 11 heteroatoms. The van der Waals surface area contributed by atoms with Crippen LogP contribution in [0.25, 0.3) is 0 Å². The summed E-state index contributed by atoms with van der Waals surface area (Å²) in [7, 11) is 0. The van der Waals surface area contributed by atoms with Gasteiger partial charge in [-0.2, -0.15) is 0 Å². The van der Waals surface area contributed by atoms with Gasteiger partial charge in [0.25, 0.3) is 0 Å². The van der Waals surface area contributed by atoms with Gasteiger partial charge in [0.1, 0.15) is 23.4 Å². The number of primary amides is 1. The first-order chi connectivity index (χ1) is 17.4. The monoisotopic (exact) mass is 520 g/mol. The van der Waals surface area contributed by atoms with E-state index in [-0.39, 0.29) is 36.7 Å². The number of hydrogen-bond acceptors (Lipinski definition) is 7. The van der Waals surface area contributed by atoms with E-state index >= 15 is 0 Å². The molecular weight excluding hydrogens is 480 g/mol. The predicted octanol–water partition coefficient (Wildman–Crippen LogP) is 1.86. The number of phenols is 1. The number of rotatable bonds is 11. The Hall–Kier alpha value is -3.34. The highest BCUT2D eigenvalue weighted by Crippen LogP contribution is 2.30. The quantitative estimate of drug-likeness (QED) is 0.296. The van der Waals surface area contributed by atoms with E-state index in [2.05, 4.69) is 10.6 Å². The van der Waals surface area contributed by atoms with Crippen LogP contribution in [-0.2, 0) is 19.1 Å². The zero-order valence-electron chi connectivity index (χ0n) is 21.9. The molecule has 2 atom stereocenters. The maximum atomic E-state index is 13.8. The van der Waals surface area contributed by atoms with E-state index < -0.39 is 48.1 Å². The van der Waals surface area contributed by atoms with Crippen LogP contribution in [0.4, 0.5) is 4.79 Å². The summed E-state index contributed by atoms with van der Waals surface area (Å²) in [5.41, 5.74) is 4.61. The maximum Gasteiger partial charge on any atom is 0.408 e. The summed E-state index contributed by atoms with van der Waals surface area (Å²) >= 11 is 0. The Morgan fingerprint density at radius 3 is 2.35 bits per heavy atom. The van der Waals surface area contributed by atoms with Crippen molar-refractivity contribution in [2.75, 3.05) is 13.2 Å². The number of aliphatic hydroxyl groups excluding tert-OH is 1. The number of benzene rings is 1. The van der Waals surface area contributed by atoms with E-state index in [1.165, 1.54) is 12.1 Å². The standard InChI is InChI=1S/C26H40N4O7/c1-26(2,3)37-25(36)29-19(13-14-21(27)33)24(35)30(15-16-31)22(18-11-7-8-12-20(18)32)23(34)28-17-9-5-4-6-10-17/h7-8,11-12,17,19,22,31-32H,4-6,9-10,13-16H2,1-3H3,(H2,27,33)(H,28,34)(H,29,36). The Morgan fingerprint density at radius 1 is 1.14 bits per heavy atom. The molecule has 2 unspecified atom stereocenters. The fraction of sp³-hybridized carbons (Fsp3) is 0.615. The lowest BCUT2D eigenvalue weighted by Crippen LogP contribution is -2.54. The molecule has 11 nitrogen and oxygen atoms in total. The summed E-state index contributed by atoms with van der Waals surface area (Å²) < 4.78 is 5.27. The molecule has 37 heavy (non-hydrogen) atoms. The van der Waals surface area contributed by atoms with Gasteiger partial charge < -0.3 is 36.2 Å². The molecule has 0 aromatic heterocycles. The van der Waals surface area contributed by atoms with Crippen LogP contribution >= 0.6 is 0 Å². The van der Waals surface area contributed by atoms with Gasteiger partial charge in [0.2, 0.25) is 17.7 Å². The average molecular weight is 521 g/mol. The summed E-state index contributed by atoms with van der Waals surface area (Å²) in [4.78, 5) is 52.5. The summed E-state index contributed by atoms with van der Waals surface area (Å²) in [6.45, 7) is 4.23. The lowest BCUT2D eigenvalue weighted by Gasteiger charge is -2.35. The number of carbonyl (C=O) groups is 4. The molecule has 1 aromatic rings. The van der Waals surface area contributed by atoms with Crippen LogP contribution in [0.2, 0.25) is 0 Å². The number of nitrogens with zero attached hydrogens (tertiary/aromatic N) is 1. The van der Waals surface area contributed by atoms with Gasteiger partial charge in [-0.3, -0.25) is 14.4 Å². The number of ether oxygens (including phenoxy) is 1. The first kappa shape index (κ1) is 29.9. The maximum absolute atomic E-state index is 13.8. The third-order valence-electron chi connectivity index (χ3n) is 6.04. The van der Waals surface area contributed by atoms with Gasteiger partial charge in [-0.25, -0.2) is 4.79 Å². The summed E-state index contributed by atoms with van der Waals surface area (Å²) in [6, 6.07) is 3.50. The first-order valence-corrected chi connectivity index (χ1v) is 12.7. The molecular formula is C26H40N4O7. The highest BCUT2D eigenvalue weighted by Gasteiger charge is 2.38. The number of nitrogens with two attached hydrogens (primary N) is 1. The van der Waals surface area contributed by atoms with E-state index in [0.717, 1.165) is 37.0 Å². The largest absolute Gasteiger partial charge is 0.508 e. The molecule has 206 valence electrons. The van der Waals surface area contributed by atoms with Gasteiger partial charge in [-0.1, -0.05) is 37.5 Å². The molecule has 0 aliphatic heterocycles. The van der Waals surface area contributed by atoms with Gasteiger partial charge in [0.05, 0.1) is 6.61 Å². The highest BCUT2D eigenvalue weighted by molar-refractivity contribution is 5.93. The van der Waals surface area contributed by atoms with E-state index in [1.54, 1.807) is 32.9 Å². The number of para-hydroxylation sites is 1. The molecule has 0 bridgehead atoms. The number of hydrogen-bond donors (Lipinski definition) is 5. The highest BCUT2D eigenvalue weighted by atomic mass is 16.6. The lowest BCUT2D eigenvalue weighted by molar-refractivity contribution is -0.143. The minimum absolute atomic E-state index is 0.0776. The normalized spacial score (nSPS) is 15.8. The van der Waals surface area contributed by atoms with Gasteiger partial charge in [0, 0.05) is 24.6 Å². The smallest absolute Gasteiger partial charge is 0.408 e. The molecule has 0 heterocycles. The fourth-order valence-electron chi connectivity index (χ4n) is 4.36. The number of amides is 4. The van der Waals surface area contributed by atoms with Crippen molar-refractivity contribution in [3.8, 4) is 5.75 Å². The molecule has 0 radical (unpaired) electrons. The molecule has 1 aliphatic carbocycles. The van der Waals surface area contributed by atoms with E-state index in [1.807, 2.05) is 0 Å². The Bertz CT molecular complexity index is 941. The number of phenolic OH excluding ortho intramolecular Hbond substituents is 1. The van der Waals surface area contributed by atoms with Crippen LogP contribution in [0, 0.1) is 0 Å². The third kappa shape index (κ3) is 9.56. The van der Waals surface area contributed by atoms with E-state index in [9.17, 15) is 29.4 Å². The van der Waals surface area contributed by atoms with Crippen molar-refractivity contribution in [3.63, 3.8) is 0 Å². The van der Waals surface area contributed by atoms with Gasteiger partial charge in [-0.15, -0.1) is 0 Å². The Labute approximate surface area is 217 Å². The fourth-order valence-corrected chi connectivity index (χ4v) is 4.36. The zero-order valence-corrected chi connectivity index (χ0v) is 21.9. The molecule has 1 saturated carbocycles. The molecule has 1 aromatic carbocycles. The number of aromatic hydroxyl groups is 1. The molecule has 4 amide bonds. The summed E-state index contributed by atoms with van der Waals surface area (Å²) in [6.07, 6.45) is 3.39. The van der Waals surface area contributed by atoms with Crippen LogP contribution < -0.4 is 16.4 Å². The molecule has 1 fully saturated rings. The van der Waals surface area contributed by atoms with Gasteiger partial charge in [-0.05, 0) is 46.1 Å². The molecule has 0 saturated heterocycles. The average Bonchev–Trinajstić information content (AvgIpc) is 2.81. The first-order valence-electron chi connectivity index (χ1n) is 12.7. The van der Waals surface area contributed by atoms with Gasteiger partial charge in [0.15, 0.2) is 0 Å². The summed E-state index contributed by atoms with van der Waals surface area (Å²) in [5.74, 6) is -2.12. The minimum Gasteiger partial charge on any atom is -0.508 e. The van der Waals surface area contributed by atoms with Crippen LogP contribution in [-0.4, -0.2) is 69.8 Å². The Balaban J connectivity index is 2.43. The second-order valence-electron chi connectivity index (χ2n) is 10.3. The molecule has 6 N–H and O–H groups in total. The van der Waals surface area contributed by atoms with Crippen LogP contribution in [0.15, 0.2) is 24.3 Å². The van der Waals surface area contributed by atoms with Crippen molar-refractivity contribution in [3.05, 3.63) is 29.8 Å².